The summed E-state index contributed by atoms with van der Waals surface area (Å²) in [5.41, 5.74) is 1.44. The van der Waals surface area contributed by atoms with E-state index in [9.17, 15) is 4.79 Å². The van der Waals surface area contributed by atoms with Gasteiger partial charge in [-0.3, -0.25) is 4.79 Å². The van der Waals surface area contributed by atoms with Crippen LogP contribution in [-0.4, -0.2) is 26.2 Å². The van der Waals surface area contributed by atoms with Crippen LogP contribution in [0, 0.1) is 0 Å². The molecule has 0 N–H and O–H groups in total. The number of ketones is 1. The van der Waals surface area contributed by atoms with E-state index in [0.29, 0.717) is 0 Å². The minimum absolute atomic E-state index is 0. The number of hydrogen-bond donors (Lipinski definition) is 0. The van der Waals surface area contributed by atoms with Crippen LogP contribution in [0.4, 0.5) is 0 Å². The number of aromatic nitrogens is 4. The highest BCUT2D eigenvalue weighted by molar-refractivity contribution is 6.02. The molecule has 0 bridgehead atoms. The molecule has 0 amide bonds. The van der Waals surface area contributed by atoms with E-state index in [0.717, 1.165) is 11.1 Å². The third kappa shape index (κ3) is 3.31. The van der Waals surface area contributed by atoms with Crippen molar-refractivity contribution in [1.82, 2.24) is 20.4 Å². The summed E-state index contributed by atoms with van der Waals surface area (Å²) in [5, 5.41) is 15.3. The number of rotatable bonds is 4. The number of nitrogens with zero attached hydrogens (tertiary/aromatic N) is 4. The smallest absolute Gasteiger partial charge is 0.306 e. The van der Waals surface area contributed by atoms with Crippen molar-refractivity contribution in [2.24, 2.45) is 0 Å². The molecule has 2 heterocycles. The van der Waals surface area contributed by atoms with E-state index in [-0.39, 0.29) is 36.0 Å². The van der Waals surface area contributed by atoms with Crippen LogP contribution in [0.25, 0.3) is 22.9 Å². The predicted octanol–water partition coefficient (Wildman–Crippen LogP) is 3.44. The maximum Gasteiger partial charge on any atom is 0.306 e. The summed E-state index contributed by atoms with van der Waals surface area (Å²) in [6, 6.07) is 18.3. The molecule has 0 saturated heterocycles. The summed E-state index contributed by atoms with van der Waals surface area (Å²) in [6.07, 6.45) is 0. The largest absolute Gasteiger partial charge is 0.413 e. The van der Waals surface area contributed by atoms with Gasteiger partial charge in [0.1, 0.15) is 0 Å². The fraction of sp³-hybridized carbons (Fsp3) is 0. The van der Waals surface area contributed by atoms with Gasteiger partial charge in [0.2, 0.25) is 11.8 Å². The lowest BCUT2D eigenvalue weighted by atomic mass is 10.2. The maximum atomic E-state index is 12.3. The van der Waals surface area contributed by atoms with E-state index in [1.807, 2.05) is 60.7 Å². The second-order valence-corrected chi connectivity index (χ2v) is 4.89. The Morgan fingerprint density at radius 1 is 0.640 bits per heavy atom. The molecule has 25 heavy (non-hydrogen) atoms. The predicted molar refractivity (Wildman–Crippen MR) is 90.1 cm³/mol. The normalized spacial score (nSPS) is 10.2. The molecule has 0 aliphatic carbocycles. The maximum absolute atomic E-state index is 12.3. The molecule has 0 spiro atoms. The molecule has 0 aliphatic rings. The fourth-order valence-electron chi connectivity index (χ4n) is 2.12. The first kappa shape index (κ1) is 16.5. The van der Waals surface area contributed by atoms with Crippen molar-refractivity contribution in [2.45, 2.75) is 0 Å². The van der Waals surface area contributed by atoms with Crippen LogP contribution < -0.4 is 0 Å². The van der Waals surface area contributed by atoms with Crippen molar-refractivity contribution in [3.8, 4) is 22.9 Å². The second kappa shape index (κ2) is 7.06. The van der Waals surface area contributed by atoms with E-state index < -0.39 is 5.78 Å². The lowest BCUT2D eigenvalue weighted by Crippen LogP contribution is -2.02. The van der Waals surface area contributed by atoms with Gasteiger partial charge in [0.15, 0.2) is 0 Å². The first-order valence-electron chi connectivity index (χ1n) is 7.14. The zero-order valence-corrected chi connectivity index (χ0v) is 13.5. The van der Waals surface area contributed by atoms with Crippen molar-refractivity contribution >= 4 is 18.2 Å². The summed E-state index contributed by atoms with van der Waals surface area (Å²) in [5.74, 6) is -0.503. The lowest BCUT2D eigenvalue weighted by Gasteiger charge is -1.92. The van der Waals surface area contributed by atoms with Crippen molar-refractivity contribution in [3.05, 3.63) is 72.4 Å². The van der Waals surface area contributed by atoms with Crippen LogP contribution in [0.15, 0.2) is 69.5 Å². The van der Waals surface area contributed by atoms with Crippen molar-refractivity contribution in [1.29, 1.82) is 0 Å². The zero-order valence-electron chi connectivity index (χ0n) is 12.7. The molecule has 8 heteroatoms. The van der Waals surface area contributed by atoms with Gasteiger partial charge in [0, 0.05) is 11.1 Å². The van der Waals surface area contributed by atoms with Gasteiger partial charge in [-0.15, -0.1) is 32.8 Å². The quantitative estimate of drug-likeness (QED) is 0.518. The Morgan fingerprint density at radius 2 is 1.04 bits per heavy atom. The van der Waals surface area contributed by atoms with Gasteiger partial charge in [-0.05, 0) is 24.3 Å². The molecule has 124 valence electrons. The second-order valence-electron chi connectivity index (χ2n) is 4.89. The molecule has 2 aromatic carbocycles. The highest BCUT2D eigenvalue weighted by Crippen LogP contribution is 2.20. The molecule has 0 atom stereocenters. The third-order valence-electron chi connectivity index (χ3n) is 3.28. The average Bonchev–Trinajstić information content (AvgIpc) is 3.33. The summed E-state index contributed by atoms with van der Waals surface area (Å²) >= 11 is 0. The molecule has 0 aliphatic heterocycles. The van der Waals surface area contributed by atoms with E-state index >= 15 is 0 Å². The molecule has 4 aromatic rings. The fourth-order valence-corrected chi connectivity index (χ4v) is 2.12. The standard InChI is InChI=1S/C17H10N4O3.ClH/c22-13(16-20-18-14(23-16)11-7-3-1-4-8-11)17-21-19-15(24-17)12-9-5-2-6-10-12;/h1-10H;1H. The molecule has 0 saturated carbocycles. The molecule has 0 radical (unpaired) electrons. The Hall–Kier alpha value is -3.32. The van der Waals surface area contributed by atoms with Crippen molar-refractivity contribution < 1.29 is 13.6 Å². The van der Waals surface area contributed by atoms with Crippen LogP contribution in [0.1, 0.15) is 16.6 Å². The Balaban J connectivity index is 0.00000182. The third-order valence-corrected chi connectivity index (χ3v) is 3.28. The average molecular weight is 355 g/mol. The molecule has 7 nitrogen and oxygen atoms in total. The van der Waals surface area contributed by atoms with E-state index in [1.54, 1.807) is 0 Å². The van der Waals surface area contributed by atoms with E-state index in [4.69, 9.17) is 8.83 Å². The molecule has 0 unspecified atom stereocenters. The zero-order chi connectivity index (χ0) is 16.4. The minimum atomic E-state index is -0.612. The van der Waals surface area contributed by atoms with Gasteiger partial charge in [-0.1, -0.05) is 36.4 Å². The van der Waals surface area contributed by atoms with Gasteiger partial charge in [0.25, 0.3) is 11.8 Å². The first-order chi connectivity index (χ1) is 11.8. The van der Waals surface area contributed by atoms with Gasteiger partial charge >= 0.3 is 5.78 Å². The molecular weight excluding hydrogens is 344 g/mol. The Bertz CT molecular complexity index is 904. The summed E-state index contributed by atoms with van der Waals surface area (Å²) < 4.78 is 10.8. The Kier molecular flexibility index (Phi) is 4.67. The summed E-state index contributed by atoms with van der Waals surface area (Å²) in [4.78, 5) is 12.3. The van der Waals surface area contributed by atoms with Crippen LogP contribution in [0.5, 0.6) is 0 Å². The van der Waals surface area contributed by atoms with Crippen molar-refractivity contribution in [3.63, 3.8) is 0 Å². The topological polar surface area (TPSA) is 94.9 Å². The van der Waals surface area contributed by atoms with E-state index in [1.165, 1.54) is 0 Å². The summed E-state index contributed by atoms with van der Waals surface area (Å²) in [6.45, 7) is 0. The Morgan fingerprint density at radius 3 is 1.44 bits per heavy atom. The molecule has 2 aromatic heterocycles. The number of benzene rings is 2. The monoisotopic (exact) mass is 354 g/mol. The van der Waals surface area contributed by atoms with Gasteiger partial charge in [0.05, 0.1) is 0 Å². The van der Waals surface area contributed by atoms with Gasteiger partial charge in [-0.2, -0.15) is 0 Å². The first-order valence-corrected chi connectivity index (χ1v) is 7.14. The number of hydrogen-bond acceptors (Lipinski definition) is 7. The van der Waals surface area contributed by atoms with Crippen LogP contribution in [0.2, 0.25) is 0 Å². The Labute approximate surface area is 148 Å². The molecular formula is C17H11ClN4O3. The van der Waals surface area contributed by atoms with Crippen molar-refractivity contribution in [2.75, 3.05) is 0 Å². The minimum Gasteiger partial charge on any atom is -0.413 e. The number of halogens is 1. The highest BCUT2D eigenvalue weighted by atomic mass is 35.5. The van der Waals surface area contributed by atoms with Gasteiger partial charge in [-0.25, -0.2) is 0 Å². The number of carbonyl (C=O) groups is 1. The van der Waals surface area contributed by atoms with Crippen LogP contribution in [-0.2, 0) is 0 Å². The highest BCUT2D eigenvalue weighted by Gasteiger charge is 2.24. The van der Waals surface area contributed by atoms with Crippen LogP contribution in [0.3, 0.4) is 0 Å². The van der Waals surface area contributed by atoms with E-state index in [2.05, 4.69) is 20.4 Å². The molecule has 4 rings (SSSR count). The van der Waals surface area contributed by atoms with Crippen LogP contribution >= 0.6 is 12.4 Å². The molecule has 0 fully saturated rings. The van der Waals surface area contributed by atoms with Gasteiger partial charge < -0.3 is 8.83 Å². The SMILES string of the molecule is Cl.O=C(c1nnc(-c2ccccc2)o1)c1nnc(-c2ccccc2)o1. The number of carbonyl (C=O) groups excluding carboxylic acids is 1. The lowest BCUT2D eigenvalue weighted by molar-refractivity contribution is 0.0971. The summed E-state index contributed by atoms with van der Waals surface area (Å²) in [7, 11) is 0.